The summed E-state index contributed by atoms with van der Waals surface area (Å²) in [6.07, 6.45) is 8.24. The highest BCUT2D eigenvalue weighted by Gasteiger charge is 2.16. The van der Waals surface area contributed by atoms with Gasteiger partial charge in [-0.15, -0.1) is 0 Å². The van der Waals surface area contributed by atoms with E-state index in [0.717, 1.165) is 11.2 Å². The average Bonchev–Trinajstić information content (AvgIpc) is 2.63. The van der Waals surface area contributed by atoms with Gasteiger partial charge >= 0.3 is 0 Å². The van der Waals surface area contributed by atoms with Crippen LogP contribution in [0.1, 0.15) is 52.4 Å². The third-order valence-electron chi connectivity index (χ3n) is 2.96. The first-order valence-corrected chi connectivity index (χ1v) is 7.10. The monoisotopic (exact) mass is 215 g/mol. The van der Waals surface area contributed by atoms with Gasteiger partial charge in [-0.25, -0.2) is 0 Å². The summed E-state index contributed by atoms with van der Waals surface area (Å²) in [6.45, 7) is 4.55. The third kappa shape index (κ3) is 5.26. The van der Waals surface area contributed by atoms with Crippen molar-refractivity contribution in [1.29, 1.82) is 0 Å². The average molecular weight is 215 g/mol. The lowest BCUT2D eigenvalue weighted by atomic mass is 10.1. The van der Waals surface area contributed by atoms with E-state index < -0.39 is 0 Å². The Balaban J connectivity index is 1.99. The number of hydrogen-bond acceptors (Lipinski definition) is 2. The molecule has 0 spiro atoms. The molecule has 1 rings (SSSR count). The number of thioether (sulfide) groups is 1. The van der Waals surface area contributed by atoms with E-state index in [-0.39, 0.29) is 0 Å². The lowest BCUT2D eigenvalue weighted by Gasteiger charge is -2.15. The second-order valence-electron chi connectivity index (χ2n) is 4.97. The number of nitrogens with two attached hydrogens (primary N) is 1. The zero-order valence-electron chi connectivity index (χ0n) is 9.67. The van der Waals surface area contributed by atoms with Crippen molar-refractivity contribution in [3.8, 4) is 0 Å². The summed E-state index contributed by atoms with van der Waals surface area (Å²) in [5.74, 6) is 1.98. The predicted molar refractivity (Wildman–Crippen MR) is 66.8 cm³/mol. The minimum atomic E-state index is 0.433. The fraction of sp³-hybridized carbons (Fsp3) is 1.00. The Labute approximate surface area is 93.2 Å². The Hall–Kier alpha value is 0.310. The molecule has 2 N–H and O–H groups in total. The van der Waals surface area contributed by atoms with Crippen molar-refractivity contribution >= 4 is 11.8 Å². The van der Waals surface area contributed by atoms with Crippen molar-refractivity contribution in [3.63, 3.8) is 0 Å². The quantitative estimate of drug-likeness (QED) is 0.734. The highest BCUT2D eigenvalue weighted by molar-refractivity contribution is 7.99. The van der Waals surface area contributed by atoms with Crippen molar-refractivity contribution in [2.24, 2.45) is 11.7 Å². The van der Waals surface area contributed by atoms with E-state index in [9.17, 15) is 0 Å². The van der Waals surface area contributed by atoms with Crippen LogP contribution in [0.3, 0.4) is 0 Å². The van der Waals surface area contributed by atoms with E-state index in [2.05, 4.69) is 25.6 Å². The van der Waals surface area contributed by atoms with Crippen molar-refractivity contribution in [1.82, 2.24) is 0 Å². The first-order chi connectivity index (χ1) is 6.68. The van der Waals surface area contributed by atoms with Crippen molar-refractivity contribution < 1.29 is 0 Å². The summed E-state index contributed by atoms with van der Waals surface area (Å²) in [7, 11) is 0. The molecule has 1 aliphatic carbocycles. The second kappa shape index (κ2) is 6.73. The molecule has 1 saturated carbocycles. The molecule has 1 atom stereocenters. The molecule has 84 valence electrons. The van der Waals surface area contributed by atoms with Gasteiger partial charge in [-0.1, -0.05) is 26.7 Å². The Morgan fingerprint density at radius 1 is 1.21 bits per heavy atom. The topological polar surface area (TPSA) is 26.0 Å². The molecule has 0 heterocycles. The van der Waals surface area contributed by atoms with E-state index >= 15 is 0 Å². The SMILES string of the molecule is CC(C)CCC(N)CSC1CCCC1. The maximum Gasteiger partial charge on any atom is 0.0130 e. The molecule has 1 nitrogen and oxygen atoms in total. The van der Waals surface area contributed by atoms with Gasteiger partial charge in [0.05, 0.1) is 0 Å². The minimum absolute atomic E-state index is 0.433. The highest BCUT2D eigenvalue weighted by Crippen LogP contribution is 2.29. The van der Waals surface area contributed by atoms with E-state index in [4.69, 9.17) is 5.73 Å². The Morgan fingerprint density at radius 2 is 1.86 bits per heavy atom. The van der Waals surface area contributed by atoms with E-state index in [1.807, 2.05) is 0 Å². The van der Waals surface area contributed by atoms with Crippen LogP contribution in [0.5, 0.6) is 0 Å². The van der Waals surface area contributed by atoms with Crippen LogP contribution in [-0.2, 0) is 0 Å². The molecule has 1 fully saturated rings. The van der Waals surface area contributed by atoms with Gasteiger partial charge in [0.1, 0.15) is 0 Å². The lowest BCUT2D eigenvalue weighted by Crippen LogP contribution is -2.24. The first kappa shape index (κ1) is 12.4. The standard InChI is InChI=1S/C12H25NS/c1-10(2)7-8-11(13)9-14-12-5-3-4-6-12/h10-12H,3-9,13H2,1-2H3. The molecule has 2 heteroatoms. The number of rotatable bonds is 6. The maximum absolute atomic E-state index is 6.08. The second-order valence-corrected chi connectivity index (χ2v) is 6.30. The summed E-state index contributed by atoms with van der Waals surface area (Å²) in [5.41, 5.74) is 6.08. The molecular weight excluding hydrogens is 190 g/mol. The highest BCUT2D eigenvalue weighted by atomic mass is 32.2. The molecule has 0 amide bonds. The van der Waals surface area contributed by atoms with E-state index in [1.54, 1.807) is 0 Å². The van der Waals surface area contributed by atoms with Crippen LogP contribution in [0.15, 0.2) is 0 Å². The van der Waals surface area contributed by atoms with Gasteiger partial charge in [-0.2, -0.15) is 11.8 Å². The molecule has 0 aromatic carbocycles. The minimum Gasteiger partial charge on any atom is -0.327 e. The fourth-order valence-electron chi connectivity index (χ4n) is 1.95. The largest absolute Gasteiger partial charge is 0.327 e. The van der Waals surface area contributed by atoms with E-state index in [0.29, 0.717) is 6.04 Å². The molecule has 0 bridgehead atoms. The summed E-state index contributed by atoms with van der Waals surface area (Å²) in [6, 6.07) is 0.433. The van der Waals surface area contributed by atoms with Gasteiger partial charge in [0.15, 0.2) is 0 Å². The van der Waals surface area contributed by atoms with Gasteiger partial charge in [0.25, 0.3) is 0 Å². The van der Waals surface area contributed by atoms with Gasteiger partial charge < -0.3 is 5.73 Å². The van der Waals surface area contributed by atoms with Gasteiger partial charge in [-0.3, -0.25) is 0 Å². The Morgan fingerprint density at radius 3 is 2.43 bits per heavy atom. The van der Waals surface area contributed by atoms with Gasteiger partial charge in [0.2, 0.25) is 0 Å². The van der Waals surface area contributed by atoms with Crippen molar-refractivity contribution in [2.45, 2.75) is 63.7 Å². The molecule has 0 aromatic rings. The molecule has 14 heavy (non-hydrogen) atoms. The van der Waals surface area contributed by atoms with Gasteiger partial charge in [0, 0.05) is 17.0 Å². The predicted octanol–water partition coefficient (Wildman–Crippen LogP) is 3.43. The third-order valence-corrected chi connectivity index (χ3v) is 4.53. The summed E-state index contributed by atoms with van der Waals surface area (Å²) >= 11 is 2.12. The summed E-state index contributed by atoms with van der Waals surface area (Å²) in [5, 5.41) is 0.931. The molecule has 0 aliphatic heterocycles. The van der Waals surface area contributed by atoms with Crippen LogP contribution in [0.2, 0.25) is 0 Å². The fourth-order valence-corrected chi connectivity index (χ4v) is 3.30. The van der Waals surface area contributed by atoms with Crippen LogP contribution in [0.25, 0.3) is 0 Å². The molecule has 0 saturated heterocycles. The van der Waals surface area contributed by atoms with Crippen LogP contribution >= 0.6 is 11.8 Å². The smallest absolute Gasteiger partial charge is 0.0130 e. The van der Waals surface area contributed by atoms with E-state index in [1.165, 1.54) is 44.3 Å². The normalized spacial score (nSPS) is 20.6. The van der Waals surface area contributed by atoms with Crippen LogP contribution < -0.4 is 5.73 Å². The molecule has 1 aliphatic rings. The zero-order chi connectivity index (χ0) is 10.4. The number of hydrogen-bond donors (Lipinski definition) is 1. The van der Waals surface area contributed by atoms with Crippen LogP contribution in [0, 0.1) is 5.92 Å². The summed E-state index contributed by atoms with van der Waals surface area (Å²) < 4.78 is 0. The van der Waals surface area contributed by atoms with Crippen LogP contribution in [0.4, 0.5) is 0 Å². The maximum atomic E-state index is 6.08. The van der Waals surface area contributed by atoms with Gasteiger partial charge in [-0.05, 0) is 31.6 Å². The molecule has 0 radical (unpaired) electrons. The summed E-state index contributed by atoms with van der Waals surface area (Å²) in [4.78, 5) is 0. The molecular formula is C12H25NS. The molecule has 0 aromatic heterocycles. The lowest BCUT2D eigenvalue weighted by molar-refractivity contribution is 0.517. The molecule has 1 unspecified atom stereocenters. The van der Waals surface area contributed by atoms with Crippen molar-refractivity contribution in [2.75, 3.05) is 5.75 Å². The first-order valence-electron chi connectivity index (χ1n) is 6.05. The van der Waals surface area contributed by atoms with Crippen molar-refractivity contribution in [3.05, 3.63) is 0 Å². The van der Waals surface area contributed by atoms with Crippen LogP contribution in [-0.4, -0.2) is 17.0 Å². The zero-order valence-corrected chi connectivity index (χ0v) is 10.5. The Bertz CT molecular complexity index is 141. The Kier molecular flexibility index (Phi) is 5.95.